The third-order valence-corrected chi connectivity index (χ3v) is 4.78. The van der Waals surface area contributed by atoms with Crippen LogP contribution in [-0.4, -0.2) is 14.9 Å². The number of fused-ring (bicyclic) bond motifs is 1. The maximum atomic E-state index is 10.4. The number of benzene rings is 2. The Morgan fingerprint density at radius 1 is 1.29 bits per heavy atom. The number of aliphatic hydroxyl groups excluding tert-OH is 1. The molecule has 0 aliphatic carbocycles. The van der Waals surface area contributed by atoms with Crippen molar-refractivity contribution in [2.75, 3.05) is 0 Å². The van der Waals surface area contributed by atoms with Crippen LogP contribution in [0.2, 0.25) is 5.02 Å². The van der Waals surface area contributed by atoms with E-state index in [1.54, 1.807) is 6.07 Å². The van der Waals surface area contributed by atoms with Crippen LogP contribution in [0.25, 0.3) is 10.9 Å². The van der Waals surface area contributed by atoms with Gasteiger partial charge >= 0.3 is 0 Å². The van der Waals surface area contributed by atoms with Crippen molar-refractivity contribution >= 4 is 38.4 Å². The summed E-state index contributed by atoms with van der Waals surface area (Å²) >= 11 is 9.43. The molecule has 5 heteroatoms. The van der Waals surface area contributed by atoms with Crippen LogP contribution in [0, 0.1) is 0 Å². The number of aromatic nitrogens is 2. The van der Waals surface area contributed by atoms with Gasteiger partial charge in [0.25, 0.3) is 0 Å². The van der Waals surface area contributed by atoms with Crippen molar-refractivity contribution in [3.8, 4) is 0 Å². The number of halogens is 2. The zero-order valence-corrected chi connectivity index (χ0v) is 13.8. The van der Waals surface area contributed by atoms with Crippen molar-refractivity contribution in [3.63, 3.8) is 0 Å². The highest BCUT2D eigenvalue weighted by Crippen LogP contribution is 2.28. The second-order valence-corrected chi connectivity index (χ2v) is 6.24. The second kappa shape index (κ2) is 5.79. The normalized spacial score (nSPS) is 12.8. The third-order valence-electron chi connectivity index (χ3n) is 3.55. The van der Waals surface area contributed by atoms with E-state index < -0.39 is 6.10 Å². The van der Waals surface area contributed by atoms with Gasteiger partial charge < -0.3 is 5.11 Å². The highest BCUT2D eigenvalue weighted by atomic mass is 79.9. The van der Waals surface area contributed by atoms with Gasteiger partial charge in [-0.05, 0) is 39.7 Å². The zero-order valence-electron chi connectivity index (χ0n) is 11.4. The van der Waals surface area contributed by atoms with E-state index in [9.17, 15) is 5.11 Å². The van der Waals surface area contributed by atoms with Gasteiger partial charge in [0, 0.05) is 23.3 Å². The predicted molar refractivity (Wildman–Crippen MR) is 88.5 cm³/mol. The van der Waals surface area contributed by atoms with Crippen molar-refractivity contribution in [1.29, 1.82) is 0 Å². The van der Waals surface area contributed by atoms with E-state index in [0.717, 1.165) is 26.6 Å². The van der Waals surface area contributed by atoms with Crippen molar-refractivity contribution in [2.24, 2.45) is 7.05 Å². The Balaban J connectivity index is 1.92. The highest BCUT2D eigenvalue weighted by molar-refractivity contribution is 9.10. The zero-order chi connectivity index (χ0) is 15.0. The monoisotopic (exact) mass is 364 g/mol. The fourth-order valence-corrected chi connectivity index (χ4v) is 2.90. The van der Waals surface area contributed by atoms with Gasteiger partial charge in [0.05, 0.1) is 22.3 Å². The summed E-state index contributed by atoms with van der Waals surface area (Å²) in [5, 5.41) is 16.6. The largest absolute Gasteiger partial charge is 0.388 e. The summed E-state index contributed by atoms with van der Waals surface area (Å²) < 4.78 is 2.66. The van der Waals surface area contributed by atoms with Gasteiger partial charge in [0.15, 0.2) is 0 Å². The summed E-state index contributed by atoms with van der Waals surface area (Å²) in [4.78, 5) is 0. The average Bonchev–Trinajstić information content (AvgIpc) is 2.79. The van der Waals surface area contributed by atoms with Gasteiger partial charge in [0.1, 0.15) is 0 Å². The number of hydrogen-bond donors (Lipinski definition) is 1. The van der Waals surface area contributed by atoms with Crippen LogP contribution in [-0.2, 0) is 13.5 Å². The number of para-hydroxylation sites is 1. The summed E-state index contributed by atoms with van der Waals surface area (Å²) in [6, 6.07) is 13.5. The lowest BCUT2D eigenvalue weighted by molar-refractivity contribution is 0.177. The minimum atomic E-state index is -0.631. The first-order valence-electron chi connectivity index (χ1n) is 6.60. The molecular weight excluding hydrogens is 352 g/mol. The molecule has 21 heavy (non-hydrogen) atoms. The Morgan fingerprint density at radius 3 is 2.81 bits per heavy atom. The van der Waals surface area contributed by atoms with Crippen LogP contribution in [0.4, 0.5) is 0 Å². The average molecular weight is 366 g/mol. The first-order valence-corrected chi connectivity index (χ1v) is 7.77. The molecular formula is C16H14BrClN2O. The highest BCUT2D eigenvalue weighted by Gasteiger charge is 2.15. The summed E-state index contributed by atoms with van der Waals surface area (Å²) in [5.74, 6) is 0. The van der Waals surface area contributed by atoms with Crippen molar-refractivity contribution in [3.05, 3.63) is 63.2 Å². The Kier molecular flexibility index (Phi) is 4.02. The molecule has 1 heterocycles. The van der Waals surface area contributed by atoms with Gasteiger partial charge in [-0.1, -0.05) is 35.9 Å². The molecule has 0 amide bonds. The first-order chi connectivity index (χ1) is 10.1. The second-order valence-electron chi connectivity index (χ2n) is 4.98. The number of hydrogen-bond acceptors (Lipinski definition) is 2. The van der Waals surface area contributed by atoms with Gasteiger partial charge in [-0.2, -0.15) is 5.10 Å². The maximum Gasteiger partial charge on any atom is 0.0846 e. The van der Waals surface area contributed by atoms with Crippen molar-refractivity contribution in [2.45, 2.75) is 12.5 Å². The van der Waals surface area contributed by atoms with Gasteiger partial charge in [-0.15, -0.1) is 0 Å². The fourth-order valence-electron chi connectivity index (χ4n) is 2.46. The molecule has 0 spiro atoms. The molecule has 1 aromatic heterocycles. The number of nitrogens with zero attached hydrogens (tertiary/aromatic N) is 2. The Morgan fingerprint density at radius 2 is 2.05 bits per heavy atom. The van der Waals surface area contributed by atoms with Crippen LogP contribution in [0.1, 0.15) is 17.4 Å². The smallest absolute Gasteiger partial charge is 0.0846 e. The number of aryl methyl sites for hydroxylation is 1. The first kappa shape index (κ1) is 14.6. The minimum absolute atomic E-state index is 0.458. The molecule has 0 fully saturated rings. The number of rotatable bonds is 3. The van der Waals surface area contributed by atoms with Crippen LogP contribution < -0.4 is 0 Å². The molecule has 3 nitrogen and oxygen atoms in total. The van der Waals surface area contributed by atoms with Crippen LogP contribution in [0.15, 0.2) is 46.9 Å². The summed E-state index contributed by atoms with van der Waals surface area (Å²) in [5.41, 5.74) is 2.74. The van der Waals surface area contributed by atoms with Gasteiger partial charge in [-0.3, -0.25) is 4.68 Å². The van der Waals surface area contributed by atoms with Crippen LogP contribution in [0.3, 0.4) is 0 Å². The molecule has 0 saturated carbocycles. The SMILES string of the molecule is Cn1nc(CC(O)c2ccc(Br)c(Cl)c2)c2ccccc21. The van der Waals surface area contributed by atoms with E-state index in [4.69, 9.17) is 11.6 Å². The van der Waals surface area contributed by atoms with E-state index in [2.05, 4.69) is 21.0 Å². The molecule has 2 aromatic carbocycles. The molecule has 1 N–H and O–H groups in total. The summed E-state index contributed by atoms with van der Waals surface area (Å²) in [6.45, 7) is 0. The lowest BCUT2D eigenvalue weighted by Gasteiger charge is -2.10. The molecule has 0 radical (unpaired) electrons. The van der Waals surface area contributed by atoms with Gasteiger partial charge in [0.2, 0.25) is 0 Å². The Labute approximate surface area is 136 Å². The molecule has 0 saturated heterocycles. The maximum absolute atomic E-state index is 10.4. The number of aliphatic hydroxyl groups is 1. The molecule has 0 bridgehead atoms. The van der Waals surface area contributed by atoms with Crippen LogP contribution >= 0.6 is 27.5 Å². The Bertz CT molecular complexity index is 800. The standard InChI is InChI=1S/C16H14BrClN2O/c1-20-15-5-3-2-4-11(15)14(19-20)9-16(21)10-6-7-12(17)13(18)8-10/h2-8,16,21H,9H2,1H3. The third kappa shape index (κ3) is 2.84. The lowest BCUT2D eigenvalue weighted by atomic mass is 10.0. The fraction of sp³-hybridized carbons (Fsp3) is 0.188. The van der Waals surface area contributed by atoms with Crippen molar-refractivity contribution < 1.29 is 5.11 Å². The van der Waals surface area contributed by atoms with E-state index >= 15 is 0 Å². The molecule has 3 rings (SSSR count). The minimum Gasteiger partial charge on any atom is -0.388 e. The quantitative estimate of drug-likeness (QED) is 0.753. The van der Waals surface area contributed by atoms with Gasteiger partial charge in [-0.25, -0.2) is 0 Å². The topological polar surface area (TPSA) is 38.0 Å². The predicted octanol–water partition coefficient (Wildman–Crippen LogP) is 4.27. The molecule has 3 aromatic rings. The Hall–Kier alpha value is -1.36. The molecule has 108 valence electrons. The molecule has 1 atom stereocenters. The van der Waals surface area contributed by atoms with Crippen molar-refractivity contribution in [1.82, 2.24) is 9.78 Å². The molecule has 1 unspecified atom stereocenters. The van der Waals surface area contributed by atoms with E-state index in [-0.39, 0.29) is 0 Å². The summed E-state index contributed by atoms with van der Waals surface area (Å²) in [7, 11) is 1.91. The van der Waals surface area contributed by atoms with E-state index in [1.165, 1.54) is 0 Å². The molecule has 0 aliphatic rings. The summed E-state index contributed by atoms with van der Waals surface area (Å²) in [6.07, 6.45) is -0.173. The lowest BCUT2D eigenvalue weighted by Crippen LogP contribution is -2.03. The van der Waals surface area contributed by atoms with E-state index in [0.29, 0.717) is 11.4 Å². The van der Waals surface area contributed by atoms with E-state index in [1.807, 2.05) is 48.1 Å². The molecule has 0 aliphatic heterocycles. The van der Waals surface area contributed by atoms with Crippen LogP contribution in [0.5, 0.6) is 0 Å².